The molecule has 0 heterocycles. The third-order valence-corrected chi connectivity index (χ3v) is 3.28. The second kappa shape index (κ2) is 5.35. The maximum absolute atomic E-state index is 4.21. The van der Waals surface area contributed by atoms with Gasteiger partial charge in [-0.25, -0.2) is 0 Å². The van der Waals surface area contributed by atoms with Gasteiger partial charge in [0.25, 0.3) is 0 Å². The van der Waals surface area contributed by atoms with Crippen LogP contribution in [0.3, 0.4) is 0 Å². The Bertz CT molecular complexity index is 290. The van der Waals surface area contributed by atoms with E-state index in [-0.39, 0.29) is 0 Å². The van der Waals surface area contributed by atoms with Crippen LogP contribution in [0.5, 0.6) is 0 Å². The number of hydrogen-bond acceptors (Lipinski definition) is 3. The molecular weight excluding hydrogens is 198 g/mol. The summed E-state index contributed by atoms with van der Waals surface area (Å²) < 4.78 is 0. The molecule has 0 N–H and O–H groups in total. The zero-order chi connectivity index (χ0) is 9.68. The summed E-state index contributed by atoms with van der Waals surface area (Å²) in [6, 6.07) is 8.48. The average molecular weight is 211 g/mol. The van der Waals surface area contributed by atoms with Gasteiger partial charge < -0.3 is 0 Å². The molecule has 0 atom stereocenters. The number of rotatable bonds is 2. The van der Waals surface area contributed by atoms with E-state index < -0.39 is 0 Å². The lowest BCUT2D eigenvalue weighted by Gasteiger charge is -2.02. The molecule has 0 bridgehead atoms. The summed E-state index contributed by atoms with van der Waals surface area (Å²) in [6.07, 6.45) is 4.13. The zero-order valence-corrected chi connectivity index (χ0v) is 9.71. The molecule has 3 heteroatoms. The highest BCUT2D eigenvalue weighted by molar-refractivity contribution is 8.13. The van der Waals surface area contributed by atoms with Crippen LogP contribution in [0.4, 0.5) is 0 Å². The van der Waals surface area contributed by atoms with E-state index in [1.807, 2.05) is 13.3 Å². The number of thioether (sulfide) groups is 2. The number of aliphatic imine (C=N–C) groups is 1. The van der Waals surface area contributed by atoms with Crippen LogP contribution in [0, 0.1) is 0 Å². The van der Waals surface area contributed by atoms with Crippen molar-refractivity contribution < 1.29 is 0 Å². The van der Waals surface area contributed by atoms with Gasteiger partial charge in [-0.2, -0.15) is 0 Å². The maximum atomic E-state index is 4.21. The zero-order valence-electron chi connectivity index (χ0n) is 8.07. The van der Waals surface area contributed by atoms with Crippen LogP contribution < -0.4 is 0 Å². The lowest BCUT2D eigenvalue weighted by Crippen LogP contribution is -1.93. The molecule has 0 aliphatic heterocycles. The maximum Gasteiger partial charge on any atom is 0.0970 e. The third-order valence-electron chi connectivity index (χ3n) is 1.73. The van der Waals surface area contributed by atoms with Crippen LogP contribution in [-0.4, -0.2) is 24.6 Å². The van der Waals surface area contributed by atoms with Gasteiger partial charge in [0.15, 0.2) is 0 Å². The summed E-state index contributed by atoms with van der Waals surface area (Å²) in [6.45, 7) is 0. The molecule has 0 aliphatic rings. The Morgan fingerprint density at radius 3 is 2.15 bits per heavy atom. The van der Waals surface area contributed by atoms with Crippen molar-refractivity contribution in [3.05, 3.63) is 29.8 Å². The monoisotopic (exact) mass is 211 g/mol. The molecule has 1 rings (SSSR count). The standard InChI is InChI=1S/C10H13NS2/c1-11-10(13-3)8-4-6-9(12-2)7-5-8/h4-7H,1-3H3. The van der Waals surface area contributed by atoms with Gasteiger partial charge in [-0.15, -0.1) is 23.5 Å². The Kier molecular flexibility index (Phi) is 4.39. The molecule has 0 fully saturated rings. The molecule has 0 saturated carbocycles. The molecule has 1 aromatic rings. The first-order valence-corrected chi connectivity index (χ1v) is 6.42. The van der Waals surface area contributed by atoms with E-state index in [9.17, 15) is 0 Å². The minimum atomic E-state index is 1.09. The van der Waals surface area contributed by atoms with E-state index in [1.165, 1.54) is 10.5 Å². The summed E-state index contributed by atoms with van der Waals surface area (Å²) in [5.41, 5.74) is 1.20. The lowest BCUT2D eigenvalue weighted by atomic mass is 10.2. The molecule has 1 nitrogen and oxygen atoms in total. The molecule has 0 amide bonds. The van der Waals surface area contributed by atoms with Gasteiger partial charge in [-0.05, 0) is 24.6 Å². The summed E-state index contributed by atoms with van der Waals surface area (Å²) in [5, 5.41) is 1.09. The molecule has 0 spiro atoms. The predicted octanol–water partition coefficient (Wildman–Crippen LogP) is 3.15. The van der Waals surface area contributed by atoms with Gasteiger partial charge in [0.05, 0.1) is 5.04 Å². The lowest BCUT2D eigenvalue weighted by molar-refractivity contribution is 1.42. The van der Waals surface area contributed by atoms with Crippen LogP contribution in [0.2, 0.25) is 0 Å². The minimum Gasteiger partial charge on any atom is -0.281 e. The number of nitrogens with zero attached hydrogens (tertiary/aromatic N) is 1. The Morgan fingerprint density at radius 1 is 1.15 bits per heavy atom. The first-order chi connectivity index (χ1) is 6.31. The van der Waals surface area contributed by atoms with E-state index in [0.29, 0.717) is 0 Å². The van der Waals surface area contributed by atoms with Crippen LogP contribution in [0.1, 0.15) is 5.56 Å². The van der Waals surface area contributed by atoms with Crippen molar-refractivity contribution in [3.63, 3.8) is 0 Å². The fraction of sp³-hybridized carbons (Fsp3) is 0.300. The Labute approximate surface area is 88.0 Å². The quantitative estimate of drug-likeness (QED) is 0.423. The van der Waals surface area contributed by atoms with Gasteiger partial charge in [-0.3, -0.25) is 4.99 Å². The molecule has 1 aromatic carbocycles. The van der Waals surface area contributed by atoms with Crippen molar-refractivity contribution in [2.24, 2.45) is 4.99 Å². The van der Waals surface area contributed by atoms with Crippen molar-refractivity contribution in [2.45, 2.75) is 4.90 Å². The highest BCUT2D eigenvalue weighted by Crippen LogP contribution is 2.17. The van der Waals surface area contributed by atoms with Gasteiger partial charge in [0.1, 0.15) is 0 Å². The number of hydrogen-bond donors (Lipinski definition) is 0. The molecule has 0 unspecified atom stereocenters. The molecule has 0 aromatic heterocycles. The first-order valence-electron chi connectivity index (χ1n) is 3.97. The smallest absolute Gasteiger partial charge is 0.0970 e. The van der Waals surface area contributed by atoms with Gasteiger partial charge >= 0.3 is 0 Å². The second-order valence-electron chi connectivity index (χ2n) is 2.46. The predicted molar refractivity (Wildman–Crippen MR) is 64.2 cm³/mol. The number of benzene rings is 1. The minimum absolute atomic E-state index is 1.09. The van der Waals surface area contributed by atoms with Crippen molar-refractivity contribution in [1.82, 2.24) is 0 Å². The van der Waals surface area contributed by atoms with E-state index in [4.69, 9.17) is 0 Å². The average Bonchev–Trinajstić information content (AvgIpc) is 2.21. The molecule has 70 valence electrons. The van der Waals surface area contributed by atoms with Crippen molar-refractivity contribution in [2.75, 3.05) is 19.6 Å². The van der Waals surface area contributed by atoms with Gasteiger partial charge in [0.2, 0.25) is 0 Å². The summed E-state index contributed by atoms with van der Waals surface area (Å²) in [4.78, 5) is 5.50. The molecule has 0 radical (unpaired) electrons. The van der Waals surface area contributed by atoms with Crippen LogP contribution in [-0.2, 0) is 0 Å². The molecular formula is C10H13NS2. The summed E-state index contributed by atoms with van der Waals surface area (Å²) in [7, 11) is 1.83. The van der Waals surface area contributed by atoms with Gasteiger partial charge in [0, 0.05) is 17.5 Å². The first kappa shape index (κ1) is 10.7. The summed E-state index contributed by atoms with van der Waals surface area (Å²) >= 11 is 3.44. The Morgan fingerprint density at radius 2 is 1.77 bits per heavy atom. The Hall–Kier alpha value is -0.410. The van der Waals surface area contributed by atoms with E-state index >= 15 is 0 Å². The fourth-order valence-electron chi connectivity index (χ4n) is 1.07. The largest absolute Gasteiger partial charge is 0.281 e. The fourth-order valence-corrected chi connectivity index (χ4v) is 2.03. The van der Waals surface area contributed by atoms with E-state index in [1.54, 1.807) is 23.5 Å². The third kappa shape index (κ3) is 2.78. The normalized spacial score (nSPS) is 11.8. The summed E-state index contributed by atoms with van der Waals surface area (Å²) in [5.74, 6) is 0. The van der Waals surface area contributed by atoms with Crippen LogP contribution in [0.15, 0.2) is 34.2 Å². The second-order valence-corrected chi connectivity index (χ2v) is 4.14. The molecule has 13 heavy (non-hydrogen) atoms. The van der Waals surface area contributed by atoms with E-state index in [0.717, 1.165) is 5.04 Å². The Balaban J connectivity index is 2.91. The topological polar surface area (TPSA) is 12.4 Å². The van der Waals surface area contributed by atoms with Crippen molar-refractivity contribution in [1.29, 1.82) is 0 Å². The van der Waals surface area contributed by atoms with Crippen LogP contribution in [0.25, 0.3) is 0 Å². The van der Waals surface area contributed by atoms with E-state index in [2.05, 4.69) is 35.5 Å². The molecule has 0 aliphatic carbocycles. The van der Waals surface area contributed by atoms with Crippen molar-refractivity contribution >= 4 is 28.6 Å². The van der Waals surface area contributed by atoms with Crippen LogP contribution >= 0.6 is 23.5 Å². The van der Waals surface area contributed by atoms with Crippen molar-refractivity contribution in [3.8, 4) is 0 Å². The SMILES string of the molecule is CN=C(SC)c1ccc(SC)cc1. The highest BCUT2D eigenvalue weighted by Gasteiger charge is 1.99. The van der Waals surface area contributed by atoms with Gasteiger partial charge in [-0.1, -0.05) is 12.1 Å². The highest BCUT2D eigenvalue weighted by atomic mass is 32.2. The molecule has 0 saturated heterocycles.